The molecule has 0 aliphatic rings. The smallest absolute Gasteiger partial charge is 0.322 e. The maximum atomic E-state index is 12.0. The monoisotopic (exact) mass is 369 g/mol. The van der Waals surface area contributed by atoms with Crippen molar-refractivity contribution in [3.05, 3.63) is 65.5 Å². The first-order valence-electron chi connectivity index (χ1n) is 8.07. The number of carbonyl (C=O) groups is 1. The predicted octanol–water partition coefficient (Wildman–Crippen LogP) is 3.71. The fraction of sp³-hybridized carbons (Fsp3) is 0.211. The number of thioether (sulfide) groups is 1. The van der Waals surface area contributed by atoms with Gasteiger partial charge in [0.05, 0.1) is 19.3 Å². The van der Waals surface area contributed by atoms with E-state index in [9.17, 15) is 4.79 Å². The Kier molecular flexibility index (Phi) is 5.91. The Morgan fingerprint density at radius 2 is 1.85 bits per heavy atom. The lowest BCUT2D eigenvalue weighted by Gasteiger charge is -2.02. The first kappa shape index (κ1) is 18.0. The molecule has 0 fully saturated rings. The lowest BCUT2D eigenvalue weighted by atomic mass is 10.1. The molecule has 6 nitrogen and oxygen atoms in total. The zero-order chi connectivity index (χ0) is 18.4. The molecular formula is C19H19N3O3S. The lowest BCUT2D eigenvalue weighted by Crippen LogP contribution is -2.14. The molecule has 0 atom stereocenters. The molecule has 7 heteroatoms. The average molecular weight is 369 g/mol. The molecule has 0 aliphatic carbocycles. The van der Waals surface area contributed by atoms with Crippen LogP contribution in [0.2, 0.25) is 0 Å². The van der Waals surface area contributed by atoms with Crippen molar-refractivity contribution in [2.24, 2.45) is 0 Å². The fourth-order valence-corrected chi connectivity index (χ4v) is 2.93. The van der Waals surface area contributed by atoms with Gasteiger partial charge < -0.3 is 9.15 Å². The minimum Gasteiger partial charge on any atom is -0.497 e. The minimum atomic E-state index is -0.185. The summed E-state index contributed by atoms with van der Waals surface area (Å²) in [5.41, 5.74) is 2.20. The van der Waals surface area contributed by atoms with Crippen LogP contribution in [0.1, 0.15) is 17.0 Å². The number of rotatable bonds is 7. The summed E-state index contributed by atoms with van der Waals surface area (Å²) in [6.07, 6.45) is 0.491. The summed E-state index contributed by atoms with van der Waals surface area (Å²) < 4.78 is 10.6. The van der Waals surface area contributed by atoms with Crippen molar-refractivity contribution in [3.8, 4) is 5.75 Å². The molecule has 3 rings (SSSR count). The molecule has 0 spiro atoms. The molecule has 3 aromatic rings. The standard InChI is InChI=1S/C19H19N3O3S/c1-13-3-9-16(10-4-13)26-12-17(23)20-19-22-21-18(25-19)11-14-5-7-15(24-2)8-6-14/h3-10H,11-12H2,1-2H3,(H,20,22,23). The lowest BCUT2D eigenvalue weighted by molar-refractivity contribution is -0.113. The molecule has 0 unspecified atom stereocenters. The van der Waals surface area contributed by atoms with Gasteiger partial charge in [0.2, 0.25) is 11.8 Å². The maximum Gasteiger partial charge on any atom is 0.322 e. The molecule has 0 saturated heterocycles. The number of aryl methyl sites for hydroxylation is 1. The Labute approximate surface area is 156 Å². The third kappa shape index (κ3) is 5.10. The SMILES string of the molecule is COc1ccc(Cc2nnc(NC(=O)CSc3ccc(C)cc3)o2)cc1. The zero-order valence-electron chi connectivity index (χ0n) is 14.6. The van der Waals surface area contributed by atoms with Gasteiger partial charge >= 0.3 is 6.01 Å². The van der Waals surface area contributed by atoms with Crippen LogP contribution in [0.5, 0.6) is 5.75 Å². The Balaban J connectivity index is 1.50. The zero-order valence-corrected chi connectivity index (χ0v) is 15.4. The van der Waals surface area contributed by atoms with E-state index in [4.69, 9.17) is 9.15 Å². The normalized spacial score (nSPS) is 10.5. The topological polar surface area (TPSA) is 77.3 Å². The van der Waals surface area contributed by atoms with E-state index in [1.54, 1.807) is 7.11 Å². The largest absolute Gasteiger partial charge is 0.497 e. The van der Waals surface area contributed by atoms with Crippen molar-refractivity contribution in [2.45, 2.75) is 18.2 Å². The summed E-state index contributed by atoms with van der Waals surface area (Å²) in [5.74, 6) is 1.32. The van der Waals surface area contributed by atoms with Gasteiger partial charge in [-0.15, -0.1) is 16.9 Å². The number of hydrogen-bond donors (Lipinski definition) is 1. The molecule has 26 heavy (non-hydrogen) atoms. The van der Waals surface area contributed by atoms with Crippen LogP contribution in [0, 0.1) is 6.92 Å². The summed E-state index contributed by atoms with van der Waals surface area (Å²) in [6.45, 7) is 2.03. The quantitative estimate of drug-likeness (QED) is 0.640. The molecule has 0 bridgehead atoms. The fourth-order valence-electron chi connectivity index (χ4n) is 2.23. The van der Waals surface area contributed by atoms with Crippen LogP contribution in [0.25, 0.3) is 0 Å². The summed E-state index contributed by atoms with van der Waals surface area (Å²) in [4.78, 5) is 13.1. The molecule has 1 N–H and O–H groups in total. The van der Waals surface area contributed by atoms with E-state index in [1.165, 1.54) is 17.3 Å². The van der Waals surface area contributed by atoms with Gasteiger partial charge in [0.1, 0.15) is 5.75 Å². The molecule has 1 aromatic heterocycles. The summed E-state index contributed by atoms with van der Waals surface area (Å²) >= 11 is 1.46. The van der Waals surface area contributed by atoms with E-state index in [1.807, 2.05) is 55.5 Å². The van der Waals surface area contributed by atoms with E-state index in [0.717, 1.165) is 16.2 Å². The second-order valence-electron chi connectivity index (χ2n) is 5.68. The van der Waals surface area contributed by atoms with Crippen LogP contribution >= 0.6 is 11.8 Å². The third-order valence-electron chi connectivity index (χ3n) is 3.62. The van der Waals surface area contributed by atoms with Crippen molar-refractivity contribution in [1.82, 2.24) is 10.2 Å². The first-order valence-corrected chi connectivity index (χ1v) is 9.05. The molecule has 0 saturated carbocycles. The van der Waals surface area contributed by atoms with E-state index >= 15 is 0 Å². The van der Waals surface area contributed by atoms with Crippen molar-refractivity contribution < 1.29 is 13.9 Å². The number of methoxy groups -OCH3 is 1. The Bertz CT molecular complexity index is 860. The minimum absolute atomic E-state index is 0.114. The van der Waals surface area contributed by atoms with Crippen molar-refractivity contribution in [2.75, 3.05) is 18.2 Å². The first-order chi connectivity index (χ1) is 12.6. The second-order valence-corrected chi connectivity index (χ2v) is 6.72. The number of amides is 1. The van der Waals surface area contributed by atoms with Gasteiger partial charge in [-0.05, 0) is 36.8 Å². The van der Waals surface area contributed by atoms with Crippen LogP contribution in [0.3, 0.4) is 0 Å². The summed E-state index contributed by atoms with van der Waals surface area (Å²) in [6, 6.07) is 15.7. The Morgan fingerprint density at radius 1 is 1.12 bits per heavy atom. The number of benzene rings is 2. The predicted molar refractivity (Wildman–Crippen MR) is 101 cm³/mol. The highest BCUT2D eigenvalue weighted by atomic mass is 32.2. The number of hydrogen-bond acceptors (Lipinski definition) is 6. The maximum absolute atomic E-state index is 12.0. The number of anilines is 1. The summed E-state index contributed by atoms with van der Waals surface area (Å²) in [7, 11) is 1.62. The number of ether oxygens (including phenoxy) is 1. The molecule has 1 heterocycles. The van der Waals surface area contributed by atoms with Crippen LogP contribution < -0.4 is 10.1 Å². The third-order valence-corrected chi connectivity index (χ3v) is 4.63. The van der Waals surface area contributed by atoms with E-state index in [-0.39, 0.29) is 17.7 Å². The van der Waals surface area contributed by atoms with Crippen molar-refractivity contribution >= 4 is 23.7 Å². The van der Waals surface area contributed by atoms with Gasteiger partial charge in [-0.2, -0.15) is 0 Å². The Hall–Kier alpha value is -2.80. The van der Waals surface area contributed by atoms with Gasteiger partial charge in [-0.1, -0.05) is 34.9 Å². The molecule has 0 aliphatic heterocycles. The van der Waals surface area contributed by atoms with Crippen molar-refractivity contribution in [3.63, 3.8) is 0 Å². The molecule has 134 valence electrons. The second kappa shape index (κ2) is 8.53. The van der Waals surface area contributed by atoms with Crippen LogP contribution in [-0.2, 0) is 11.2 Å². The van der Waals surface area contributed by atoms with Gasteiger partial charge in [0.15, 0.2) is 0 Å². The van der Waals surface area contributed by atoms with Gasteiger partial charge in [0, 0.05) is 4.90 Å². The number of aromatic nitrogens is 2. The van der Waals surface area contributed by atoms with Crippen molar-refractivity contribution in [1.29, 1.82) is 0 Å². The van der Waals surface area contributed by atoms with Crippen LogP contribution in [-0.4, -0.2) is 29.0 Å². The summed E-state index contributed by atoms with van der Waals surface area (Å²) in [5, 5.41) is 10.5. The molecular weight excluding hydrogens is 350 g/mol. The van der Waals surface area contributed by atoms with Crippen LogP contribution in [0.15, 0.2) is 57.8 Å². The highest BCUT2D eigenvalue weighted by Crippen LogP contribution is 2.19. The molecule has 1 amide bonds. The number of carbonyl (C=O) groups excluding carboxylic acids is 1. The van der Waals surface area contributed by atoms with Gasteiger partial charge in [0.25, 0.3) is 0 Å². The number of nitrogens with zero attached hydrogens (tertiary/aromatic N) is 2. The van der Waals surface area contributed by atoms with E-state index < -0.39 is 0 Å². The number of nitrogens with one attached hydrogen (secondary N) is 1. The highest BCUT2D eigenvalue weighted by molar-refractivity contribution is 8.00. The Morgan fingerprint density at radius 3 is 2.54 bits per heavy atom. The van der Waals surface area contributed by atoms with Crippen LogP contribution in [0.4, 0.5) is 6.01 Å². The van der Waals surface area contributed by atoms with Gasteiger partial charge in [-0.25, -0.2) is 0 Å². The average Bonchev–Trinajstić information content (AvgIpc) is 3.08. The highest BCUT2D eigenvalue weighted by Gasteiger charge is 2.11. The van der Waals surface area contributed by atoms with E-state index in [0.29, 0.717) is 12.3 Å². The molecule has 0 radical (unpaired) electrons. The van der Waals surface area contributed by atoms with Gasteiger partial charge in [-0.3, -0.25) is 10.1 Å². The molecule has 2 aromatic carbocycles. The van der Waals surface area contributed by atoms with E-state index in [2.05, 4.69) is 15.5 Å².